The third-order valence-corrected chi connectivity index (χ3v) is 4.61. The Morgan fingerprint density at radius 1 is 1.26 bits per heavy atom. The van der Waals surface area contributed by atoms with Gasteiger partial charge in [0, 0.05) is 21.9 Å². The predicted octanol–water partition coefficient (Wildman–Crippen LogP) is 3.24. The van der Waals surface area contributed by atoms with Gasteiger partial charge in [0.15, 0.2) is 0 Å². The largest absolute Gasteiger partial charge is 0.508 e. The van der Waals surface area contributed by atoms with Crippen LogP contribution in [0.3, 0.4) is 0 Å². The van der Waals surface area contributed by atoms with E-state index in [1.807, 2.05) is 24.3 Å². The van der Waals surface area contributed by atoms with Crippen LogP contribution < -0.4 is 5.43 Å². The van der Waals surface area contributed by atoms with Crippen LogP contribution >= 0.6 is 27.7 Å². The summed E-state index contributed by atoms with van der Waals surface area (Å²) in [6, 6.07) is 12.0. The Bertz CT molecular complexity index is 722. The van der Waals surface area contributed by atoms with E-state index in [1.165, 1.54) is 36.2 Å². The first-order valence-electron chi connectivity index (χ1n) is 6.71. The fourth-order valence-electron chi connectivity index (χ4n) is 1.72. The van der Waals surface area contributed by atoms with Crippen LogP contribution in [0.1, 0.15) is 11.1 Å². The van der Waals surface area contributed by atoms with E-state index in [-0.39, 0.29) is 23.2 Å². The number of hydrogen-bond acceptors (Lipinski definition) is 5. The van der Waals surface area contributed by atoms with Gasteiger partial charge in [-0.1, -0.05) is 34.1 Å². The van der Waals surface area contributed by atoms with Gasteiger partial charge >= 0.3 is 0 Å². The van der Waals surface area contributed by atoms with Crippen LogP contribution in [0.2, 0.25) is 0 Å². The van der Waals surface area contributed by atoms with Crippen molar-refractivity contribution in [2.24, 2.45) is 5.10 Å². The molecule has 0 atom stereocenters. The number of phenolic OH excluding ortho intramolecular Hbond substituents is 2. The van der Waals surface area contributed by atoms with Crippen molar-refractivity contribution in [3.63, 3.8) is 0 Å². The molecule has 0 fully saturated rings. The molecule has 2 aromatic rings. The molecule has 7 heteroatoms. The van der Waals surface area contributed by atoms with Crippen LogP contribution in [0.5, 0.6) is 11.5 Å². The van der Waals surface area contributed by atoms with E-state index < -0.39 is 0 Å². The third kappa shape index (κ3) is 5.61. The summed E-state index contributed by atoms with van der Waals surface area (Å²) in [6.07, 6.45) is 1.32. The van der Waals surface area contributed by atoms with Crippen LogP contribution in [-0.2, 0) is 10.5 Å². The van der Waals surface area contributed by atoms with Gasteiger partial charge in [-0.05, 0) is 23.8 Å². The van der Waals surface area contributed by atoms with Crippen molar-refractivity contribution in [2.45, 2.75) is 5.75 Å². The highest BCUT2D eigenvalue weighted by Crippen LogP contribution is 2.21. The van der Waals surface area contributed by atoms with E-state index in [2.05, 4.69) is 26.5 Å². The van der Waals surface area contributed by atoms with Crippen LogP contribution in [0.15, 0.2) is 52.0 Å². The quantitative estimate of drug-likeness (QED) is 0.518. The fraction of sp³-hybridized carbons (Fsp3) is 0.125. The molecule has 0 bridgehead atoms. The van der Waals surface area contributed by atoms with Crippen molar-refractivity contribution >= 4 is 39.8 Å². The summed E-state index contributed by atoms with van der Waals surface area (Å²) in [5.41, 5.74) is 3.93. The van der Waals surface area contributed by atoms with E-state index in [0.717, 1.165) is 15.8 Å². The molecule has 0 aliphatic rings. The molecule has 0 aromatic heterocycles. The molecule has 23 heavy (non-hydrogen) atoms. The molecule has 3 N–H and O–H groups in total. The number of amides is 1. The predicted molar refractivity (Wildman–Crippen MR) is 95.8 cm³/mol. The maximum absolute atomic E-state index is 11.7. The number of nitrogens with zero attached hydrogens (tertiary/aromatic N) is 1. The summed E-state index contributed by atoms with van der Waals surface area (Å²) in [5.74, 6) is 0.632. The highest BCUT2D eigenvalue weighted by atomic mass is 79.9. The van der Waals surface area contributed by atoms with E-state index in [4.69, 9.17) is 0 Å². The molecule has 0 heterocycles. The van der Waals surface area contributed by atoms with Gasteiger partial charge in [0.05, 0.1) is 12.0 Å². The van der Waals surface area contributed by atoms with Crippen LogP contribution in [-0.4, -0.2) is 28.1 Å². The molecule has 2 rings (SSSR count). The van der Waals surface area contributed by atoms with Gasteiger partial charge in [0.25, 0.3) is 0 Å². The number of phenols is 2. The standard InChI is InChI=1S/C16H15BrN2O3S/c17-14-4-2-1-3-12(14)9-23-10-16(22)19-18-8-11-5-6-13(20)7-15(11)21/h1-8,20-21H,9-10H2,(H,19,22)/b18-8+. The second-order valence-electron chi connectivity index (χ2n) is 4.62. The Balaban J connectivity index is 1.77. The van der Waals surface area contributed by atoms with Gasteiger partial charge in [-0.25, -0.2) is 5.43 Å². The number of hydrogen-bond donors (Lipinski definition) is 3. The van der Waals surface area contributed by atoms with Crippen LogP contribution in [0, 0.1) is 0 Å². The van der Waals surface area contributed by atoms with Crippen molar-refractivity contribution in [3.8, 4) is 11.5 Å². The van der Waals surface area contributed by atoms with Crippen molar-refractivity contribution < 1.29 is 15.0 Å². The number of nitrogens with one attached hydrogen (secondary N) is 1. The molecule has 0 saturated carbocycles. The highest BCUT2D eigenvalue weighted by molar-refractivity contribution is 9.10. The molecule has 0 saturated heterocycles. The zero-order valence-corrected chi connectivity index (χ0v) is 14.5. The van der Waals surface area contributed by atoms with Crippen molar-refractivity contribution in [1.29, 1.82) is 0 Å². The Labute approximate surface area is 146 Å². The average Bonchev–Trinajstić information content (AvgIpc) is 2.51. The van der Waals surface area contributed by atoms with Gasteiger partial charge in [0.1, 0.15) is 11.5 Å². The van der Waals surface area contributed by atoms with E-state index in [0.29, 0.717) is 5.56 Å². The molecule has 5 nitrogen and oxygen atoms in total. The highest BCUT2D eigenvalue weighted by Gasteiger charge is 2.03. The van der Waals surface area contributed by atoms with Crippen molar-refractivity contribution in [1.82, 2.24) is 5.43 Å². The fourth-order valence-corrected chi connectivity index (χ4v) is 3.15. The Kier molecular flexibility index (Phi) is 6.49. The molecule has 120 valence electrons. The summed E-state index contributed by atoms with van der Waals surface area (Å²) in [5, 5.41) is 22.5. The lowest BCUT2D eigenvalue weighted by atomic mass is 10.2. The molecule has 0 unspecified atom stereocenters. The average molecular weight is 395 g/mol. The van der Waals surface area contributed by atoms with Crippen molar-refractivity contribution in [3.05, 3.63) is 58.1 Å². The van der Waals surface area contributed by atoms with Gasteiger partial charge < -0.3 is 10.2 Å². The first kappa shape index (κ1) is 17.4. The first-order valence-corrected chi connectivity index (χ1v) is 8.66. The SMILES string of the molecule is O=C(CSCc1ccccc1Br)N/N=C/c1ccc(O)cc1O. The number of carbonyl (C=O) groups is 1. The summed E-state index contributed by atoms with van der Waals surface area (Å²) >= 11 is 4.95. The molecule has 0 aliphatic heterocycles. The maximum atomic E-state index is 11.7. The number of thioether (sulfide) groups is 1. The zero-order chi connectivity index (χ0) is 16.7. The Morgan fingerprint density at radius 3 is 2.78 bits per heavy atom. The second kappa shape index (κ2) is 8.59. The molecular weight excluding hydrogens is 380 g/mol. The molecule has 0 radical (unpaired) electrons. The molecule has 2 aromatic carbocycles. The number of aromatic hydroxyl groups is 2. The minimum atomic E-state index is -0.225. The minimum Gasteiger partial charge on any atom is -0.508 e. The topological polar surface area (TPSA) is 81.9 Å². The zero-order valence-electron chi connectivity index (χ0n) is 12.1. The van der Waals surface area contributed by atoms with Crippen LogP contribution in [0.25, 0.3) is 0 Å². The number of hydrazone groups is 1. The number of halogens is 1. The smallest absolute Gasteiger partial charge is 0.250 e. The lowest BCUT2D eigenvalue weighted by Gasteiger charge is -2.04. The monoisotopic (exact) mass is 394 g/mol. The molecular formula is C16H15BrN2O3S. The normalized spacial score (nSPS) is 10.8. The Morgan fingerprint density at radius 2 is 2.04 bits per heavy atom. The number of benzene rings is 2. The van der Waals surface area contributed by atoms with Gasteiger partial charge in [0.2, 0.25) is 5.91 Å². The second-order valence-corrected chi connectivity index (χ2v) is 6.46. The molecule has 0 aliphatic carbocycles. The Hall–Kier alpha value is -1.99. The summed E-state index contributed by atoms with van der Waals surface area (Å²) in [6.45, 7) is 0. The van der Waals surface area contributed by atoms with E-state index in [9.17, 15) is 15.0 Å². The van der Waals surface area contributed by atoms with Gasteiger partial charge in [-0.2, -0.15) is 5.10 Å². The summed E-state index contributed by atoms with van der Waals surface area (Å²) < 4.78 is 1.02. The number of rotatable bonds is 6. The van der Waals surface area contributed by atoms with E-state index >= 15 is 0 Å². The summed E-state index contributed by atoms with van der Waals surface area (Å²) in [7, 11) is 0. The third-order valence-electron chi connectivity index (χ3n) is 2.86. The molecule has 1 amide bonds. The maximum Gasteiger partial charge on any atom is 0.250 e. The lowest BCUT2D eigenvalue weighted by molar-refractivity contribution is -0.118. The van der Waals surface area contributed by atoms with Gasteiger partial charge in [-0.15, -0.1) is 11.8 Å². The lowest BCUT2D eigenvalue weighted by Crippen LogP contribution is -2.19. The number of carbonyl (C=O) groups excluding carboxylic acids is 1. The first-order chi connectivity index (χ1) is 11.1. The summed E-state index contributed by atoms with van der Waals surface area (Å²) in [4.78, 5) is 11.7. The minimum absolute atomic E-state index is 0.0350. The van der Waals surface area contributed by atoms with Crippen LogP contribution in [0.4, 0.5) is 0 Å². The van der Waals surface area contributed by atoms with Gasteiger partial charge in [-0.3, -0.25) is 4.79 Å². The van der Waals surface area contributed by atoms with Crippen molar-refractivity contribution in [2.75, 3.05) is 5.75 Å². The molecule has 0 spiro atoms. The van der Waals surface area contributed by atoms with E-state index in [1.54, 1.807) is 0 Å².